The number of hydrogen-bond acceptors (Lipinski definition) is 4. The molecule has 0 unspecified atom stereocenters. The fraction of sp³-hybridized carbons (Fsp3) is 0.591. The zero-order valence-corrected chi connectivity index (χ0v) is 19.2. The van der Waals surface area contributed by atoms with Gasteiger partial charge in [-0.15, -0.1) is 0 Å². The fourth-order valence-corrected chi connectivity index (χ4v) is 2.62. The lowest BCUT2D eigenvalue weighted by Gasteiger charge is -2.20. The summed E-state index contributed by atoms with van der Waals surface area (Å²) in [6, 6.07) is 7.54. The third kappa shape index (κ3) is 9.62. The number of benzene rings is 1. The number of nitrogens with zero attached hydrogens (tertiary/aromatic N) is 2. The Hall–Kier alpha value is -2.77. The van der Waals surface area contributed by atoms with E-state index in [1.165, 1.54) is 0 Å². The average Bonchev–Trinajstić information content (AvgIpc) is 2.69. The van der Waals surface area contributed by atoms with Crippen LogP contribution >= 0.6 is 0 Å². The number of nitrogens with one attached hydrogen (secondary N) is 3. The standard InChI is InChI=1S/C22H37N5O3/c1-7-23-20(24-14-15-25-21(29)30-22(4,5)6)26-16-17-10-12-18(13-11-17)19(28)27(8-2)9-3/h10-13H,7-9,14-16H2,1-6H3,(H,25,29)(H2,23,24,26). The molecule has 2 amide bonds. The van der Waals surface area contributed by atoms with E-state index < -0.39 is 11.7 Å². The molecule has 0 radical (unpaired) electrons. The number of carbonyl (C=O) groups excluding carboxylic acids is 2. The molecule has 0 bridgehead atoms. The molecule has 0 saturated carbocycles. The van der Waals surface area contributed by atoms with Crippen LogP contribution in [0.2, 0.25) is 0 Å². The predicted octanol–water partition coefficient (Wildman–Crippen LogP) is 2.75. The molecule has 1 rings (SSSR count). The number of hydrogen-bond donors (Lipinski definition) is 3. The Morgan fingerprint density at radius 1 is 0.967 bits per heavy atom. The molecule has 0 aliphatic heterocycles. The monoisotopic (exact) mass is 419 g/mol. The van der Waals surface area contributed by atoms with Crippen LogP contribution in [0.3, 0.4) is 0 Å². The summed E-state index contributed by atoms with van der Waals surface area (Å²) in [4.78, 5) is 30.4. The number of ether oxygens (including phenoxy) is 1. The molecule has 0 spiro atoms. The Kier molecular flexibility index (Phi) is 10.7. The summed E-state index contributed by atoms with van der Waals surface area (Å²) in [6.45, 7) is 15.0. The first-order valence-electron chi connectivity index (χ1n) is 10.6. The van der Waals surface area contributed by atoms with E-state index in [1.54, 1.807) is 4.90 Å². The van der Waals surface area contributed by atoms with Crippen molar-refractivity contribution in [3.8, 4) is 0 Å². The summed E-state index contributed by atoms with van der Waals surface area (Å²) in [7, 11) is 0. The van der Waals surface area contributed by atoms with E-state index in [1.807, 2.05) is 65.8 Å². The summed E-state index contributed by atoms with van der Waals surface area (Å²) in [5.41, 5.74) is 1.18. The molecule has 0 aromatic heterocycles. The highest BCUT2D eigenvalue weighted by Gasteiger charge is 2.15. The summed E-state index contributed by atoms with van der Waals surface area (Å²) in [5, 5.41) is 9.05. The predicted molar refractivity (Wildman–Crippen MR) is 121 cm³/mol. The molecule has 0 aliphatic rings. The lowest BCUT2D eigenvalue weighted by molar-refractivity contribution is 0.0528. The van der Waals surface area contributed by atoms with Gasteiger partial charge in [0, 0.05) is 38.3 Å². The maximum atomic E-state index is 12.4. The van der Waals surface area contributed by atoms with Crippen LogP contribution in [0.5, 0.6) is 0 Å². The Balaban J connectivity index is 2.55. The Morgan fingerprint density at radius 3 is 2.10 bits per heavy atom. The van der Waals surface area contributed by atoms with Gasteiger partial charge < -0.3 is 25.6 Å². The van der Waals surface area contributed by atoms with Crippen molar-refractivity contribution in [2.24, 2.45) is 4.99 Å². The van der Waals surface area contributed by atoms with Gasteiger partial charge in [0.15, 0.2) is 5.96 Å². The van der Waals surface area contributed by atoms with Crippen molar-refractivity contribution in [1.82, 2.24) is 20.9 Å². The average molecular weight is 420 g/mol. The first-order chi connectivity index (χ1) is 14.2. The molecule has 0 atom stereocenters. The number of aliphatic imine (C=N–C) groups is 1. The second kappa shape index (κ2) is 12.7. The second-order valence-electron chi connectivity index (χ2n) is 7.72. The van der Waals surface area contributed by atoms with E-state index in [4.69, 9.17) is 4.74 Å². The normalized spacial score (nSPS) is 11.6. The highest BCUT2D eigenvalue weighted by atomic mass is 16.6. The summed E-state index contributed by atoms with van der Waals surface area (Å²) in [6.07, 6.45) is -0.439. The quantitative estimate of drug-likeness (QED) is 0.325. The summed E-state index contributed by atoms with van der Waals surface area (Å²) in [5.74, 6) is 0.703. The van der Waals surface area contributed by atoms with Gasteiger partial charge in [-0.25, -0.2) is 9.79 Å². The highest BCUT2D eigenvalue weighted by molar-refractivity contribution is 5.94. The van der Waals surface area contributed by atoms with E-state index in [0.29, 0.717) is 44.2 Å². The number of rotatable bonds is 9. The van der Waals surface area contributed by atoms with Crippen LogP contribution in [0, 0.1) is 0 Å². The lowest BCUT2D eigenvalue weighted by atomic mass is 10.1. The number of carbonyl (C=O) groups is 2. The van der Waals surface area contributed by atoms with E-state index in [0.717, 1.165) is 12.1 Å². The van der Waals surface area contributed by atoms with Gasteiger partial charge >= 0.3 is 6.09 Å². The number of alkyl carbamates (subject to hydrolysis) is 1. The van der Waals surface area contributed by atoms with Crippen molar-refractivity contribution in [3.05, 3.63) is 35.4 Å². The van der Waals surface area contributed by atoms with E-state index in [-0.39, 0.29) is 5.91 Å². The van der Waals surface area contributed by atoms with Crippen LogP contribution in [-0.4, -0.2) is 61.2 Å². The minimum absolute atomic E-state index is 0.0440. The second-order valence-corrected chi connectivity index (χ2v) is 7.72. The molecular weight excluding hydrogens is 382 g/mol. The molecule has 3 N–H and O–H groups in total. The van der Waals surface area contributed by atoms with Gasteiger partial charge in [-0.3, -0.25) is 4.79 Å². The van der Waals surface area contributed by atoms with Gasteiger partial charge in [0.05, 0.1) is 6.54 Å². The Morgan fingerprint density at radius 2 is 1.57 bits per heavy atom. The van der Waals surface area contributed by atoms with Crippen molar-refractivity contribution in [3.63, 3.8) is 0 Å². The Bertz CT molecular complexity index is 692. The van der Waals surface area contributed by atoms with Crippen LogP contribution < -0.4 is 16.0 Å². The number of amides is 2. The first kappa shape index (κ1) is 25.3. The largest absolute Gasteiger partial charge is 0.444 e. The van der Waals surface area contributed by atoms with Gasteiger partial charge in [-0.2, -0.15) is 0 Å². The van der Waals surface area contributed by atoms with Crippen LogP contribution in [0.25, 0.3) is 0 Å². The van der Waals surface area contributed by atoms with Gasteiger partial charge in [-0.1, -0.05) is 12.1 Å². The zero-order chi connectivity index (χ0) is 22.6. The smallest absolute Gasteiger partial charge is 0.407 e. The van der Waals surface area contributed by atoms with Crippen LogP contribution in [-0.2, 0) is 11.3 Å². The minimum atomic E-state index is -0.514. The van der Waals surface area contributed by atoms with Crippen molar-refractivity contribution in [1.29, 1.82) is 0 Å². The third-order valence-electron chi connectivity index (χ3n) is 4.10. The summed E-state index contributed by atoms with van der Waals surface area (Å²) >= 11 is 0. The van der Waals surface area contributed by atoms with Crippen LogP contribution in [0.15, 0.2) is 29.3 Å². The van der Waals surface area contributed by atoms with Gasteiger partial charge in [0.25, 0.3) is 5.91 Å². The molecule has 1 aromatic rings. The van der Waals surface area contributed by atoms with Crippen LogP contribution in [0.1, 0.15) is 57.5 Å². The molecule has 0 aliphatic carbocycles. The Labute approximate surface area is 180 Å². The van der Waals surface area contributed by atoms with E-state index in [2.05, 4.69) is 20.9 Å². The fourth-order valence-electron chi connectivity index (χ4n) is 2.62. The molecule has 8 nitrogen and oxygen atoms in total. The van der Waals surface area contributed by atoms with Crippen molar-refractivity contribution < 1.29 is 14.3 Å². The van der Waals surface area contributed by atoms with Crippen molar-refractivity contribution in [2.45, 2.75) is 53.7 Å². The molecule has 8 heteroatoms. The molecule has 168 valence electrons. The zero-order valence-electron chi connectivity index (χ0n) is 19.2. The lowest BCUT2D eigenvalue weighted by Crippen LogP contribution is -2.42. The van der Waals surface area contributed by atoms with Crippen LogP contribution in [0.4, 0.5) is 4.79 Å². The maximum Gasteiger partial charge on any atom is 0.407 e. The van der Waals surface area contributed by atoms with Crippen molar-refractivity contribution >= 4 is 18.0 Å². The first-order valence-corrected chi connectivity index (χ1v) is 10.6. The minimum Gasteiger partial charge on any atom is -0.444 e. The highest BCUT2D eigenvalue weighted by Crippen LogP contribution is 2.09. The molecule has 1 aromatic carbocycles. The molecule has 0 saturated heterocycles. The SMILES string of the molecule is CCNC(=NCc1ccc(C(=O)N(CC)CC)cc1)NCCNC(=O)OC(C)(C)C. The summed E-state index contributed by atoms with van der Waals surface area (Å²) < 4.78 is 5.20. The molecule has 0 fully saturated rings. The van der Waals surface area contributed by atoms with Crippen molar-refractivity contribution in [2.75, 3.05) is 32.7 Å². The van der Waals surface area contributed by atoms with Gasteiger partial charge in [0.2, 0.25) is 0 Å². The van der Waals surface area contributed by atoms with Gasteiger partial charge in [0.1, 0.15) is 5.60 Å². The van der Waals surface area contributed by atoms with E-state index in [9.17, 15) is 9.59 Å². The molecule has 0 heterocycles. The molecular formula is C22H37N5O3. The topological polar surface area (TPSA) is 95.1 Å². The maximum absolute atomic E-state index is 12.4. The van der Waals surface area contributed by atoms with Gasteiger partial charge in [-0.05, 0) is 59.2 Å². The third-order valence-corrected chi connectivity index (χ3v) is 4.10. The number of guanidine groups is 1. The van der Waals surface area contributed by atoms with E-state index >= 15 is 0 Å². The molecule has 30 heavy (non-hydrogen) atoms.